The average Bonchev–Trinajstić information content (AvgIpc) is 2.82. The van der Waals surface area contributed by atoms with Gasteiger partial charge in [0, 0.05) is 18.4 Å². The third kappa shape index (κ3) is 2.43. The van der Waals surface area contributed by atoms with Gasteiger partial charge in [-0.1, -0.05) is 15.9 Å². The van der Waals surface area contributed by atoms with Crippen molar-refractivity contribution in [3.05, 3.63) is 24.2 Å². The monoisotopic (exact) mass is 271 g/mol. The Balaban J connectivity index is 1.93. The van der Waals surface area contributed by atoms with E-state index in [1.807, 2.05) is 4.90 Å². The van der Waals surface area contributed by atoms with Gasteiger partial charge in [0.25, 0.3) is 5.91 Å². The molecule has 0 N–H and O–H groups in total. The number of carbonyl (C=O) groups excluding carboxylic acids is 1. The summed E-state index contributed by atoms with van der Waals surface area (Å²) in [7, 11) is 0. The van der Waals surface area contributed by atoms with Crippen molar-refractivity contribution in [1.29, 1.82) is 0 Å². The van der Waals surface area contributed by atoms with E-state index in [0.717, 1.165) is 37.2 Å². The molecule has 1 saturated heterocycles. The van der Waals surface area contributed by atoms with Crippen LogP contribution in [0.1, 0.15) is 23.2 Å². The molecule has 0 unspecified atom stereocenters. The molecule has 15 heavy (non-hydrogen) atoms. The molecule has 82 valence electrons. The van der Waals surface area contributed by atoms with Crippen LogP contribution in [-0.4, -0.2) is 29.2 Å². The lowest BCUT2D eigenvalue weighted by Crippen LogP contribution is -2.38. The van der Waals surface area contributed by atoms with E-state index in [9.17, 15) is 4.79 Å². The van der Waals surface area contributed by atoms with Crippen molar-refractivity contribution in [2.45, 2.75) is 12.8 Å². The van der Waals surface area contributed by atoms with Gasteiger partial charge in [0.1, 0.15) is 6.26 Å². The Bertz CT molecular complexity index is 315. The highest BCUT2D eigenvalue weighted by Gasteiger charge is 2.23. The number of alkyl halides is 1. The van der Waals surface area contributed by atoms with Gasteiger partial charge in [0.2, 0.25) is 0 Å². The van der Waals surface area contributed by atoms with Crippen molar-refractivity contribution < 1.29 is 9.21 Å². The molecule has 2 heterocycles. The second kappa shape index (κ2) is 4.84. The molecule has 1 aromatic heterocycles. The van der Waals surface area contributed by atoms with Crippen LogP contribution in [0.2, 0.25) is 0 Å². The summed E-state index contributed by atoms with van der Waals surface area (Å²) in [5.41, 5.74) is 0.660. The Labute approximate surface area is 97.6 Å². The third-order valence-electron chi connectivity index (χ3n) is 2.89. The molecule has 0 bridgehead atoms. The minimum Gasteiger partial charge on any atom is -0.472 e. The molecule has 3 nitrogen and oxygen atoms in total. The van der Waals surface area contributed by atoms with Crippen LogP contribution < -0.4 is 0 Å². The van der Waals surface area contributed by atoms with E-state index >= 15 is 0 Å². The van der Waals surface area contributed by atoms with E-state index in [2.05, 4.69) is 15.9 Å². The van der Waals surface area contributed by atoms with Crippen molar-refractivity contribution in [3.8, 4) is 0 Å². The highest BCUT2D eigenvalue weighted by Crippen LogP contribution is 2.20. The van der Waals surface area contributed by atoms with Crippen LogP contribution in [0.15, 0.2) is 23.0 Å². The van der Waals surface area contributed by atoms with Crippen LogP contribution in [0.4, 0.5) is 0 Å². The number of halogens is 1. The fraction of sp³-hybridized carbons (Fsp3) is 0.545. The number of furan rings is 1. The molecule has 2 rings (SSSR count). The maximum Gasteiger partial charge on any atom is 0.257 e. The zero-order chi connectivity index (χ0) is 10.7. The maximum absolute atomic E-state index is 11.9. The molecular formula is C11H14BrNO2. The zero-order valence-corrected chi connectivity index (χ0v) is 10.1. The summed E-state index contributed by atoms with van der Waals surface area (Å²) in [4.78, 5) is 13.8. The van der Waals surface area contributed by atoms with Crippen LogP contribution in [-0.2, 0) is 0 Å². The minimum atomic E-state index is 0.0942. The van der Waals surface area contributed by atoms with Gasteiger partial charge in [-0.25, -0.2) is 0 Å². The predicted molar refractivity (Wildman–Crippen MR) is 61.1 cm³/mol. The maximum atomic E-state index is 11.9. The molecule has 1 amide bonds. The zero-order valence-electron chi connectivity index (χ0n) is 8.49. The lowest BCUT2D eigenvalue weighted by atomic mass is 9.99. The Morgan fingerprint density at radius 1 is 1.53 bits per heavy atom. The number of carbonyl (C=O) groups is 1. The summed E-state index contributed by atoms with van der Waals surface area (Å²) in [5, 5.41) is 1.04. The van der Waals surface area contributed by atoms with E-state index < -0.39 is 0 Å². The highest BCUT2D eigenvalue weighted by atomic mass is 79.9. The molecule has 1 fully saturated rings. The second-order valence-electron chi connectivity index (χ2n) is 3.90. The molecule has 4 heteroatoms. The largest absolute Gasteiger partial charge is 0.472 e. The standard InChI is InChI=1S/C11H14BrNO2/c12-7-9-1-4-13(5-2-9)11(14)10-3-6-15-8-10/h3,6,8-9H,1-2,4-5,7H2. The van der Waals surface area contributed by atoms with E-state index in [0.29, 0.717) is 5.56 Å². The van der Waals surface area contributed by atoms with Gasteiger partial charge in [-0.15, -0.1) is 0 Å². The van der Waals surface area contributed by atoms with Gasteiger partial charge in [0.05, 0.1) is 11.8 Å². The highest BCUT2D eigenvalue weighted by molar-refractivity contribution is 9.09. The van der Waals surface area contributed by atoms with Crippen molar-refractivity contribution >= 4 is 21.8 Å². The first-order chi connectivity index (χ1) is 7.31. The lowest BCUT2D eigenvalue weighted by Gasteiger charge is -2.30. The van der Waals surface area contributed by atoms with E-state index in [1.165, 1.54) is 6.26 Å². The molecule has 0 atom stereocenters. The average molecular weight is 272 g/mol. The van der Waals surface area contributed by atoms with E-state index in [-0.39, 0.29) is 5.91 Å². The second-order valence-corrected chi connectivity index (χ2v) is 4.55. The normalized spacial score (nSPS) is 18.1. The summed E-state index contributed by atoms with van der Waals surface area (Å²) in [6.45, 7) is 1.72. The summed E-state index contributed by atoms with van der Waals surface area (Å²) in [6.07, 6.45) is 5.24. The van der Waals surface area contributed by atoms with Gasteiger partial charge >= 0.3 is 0 Å². The van der Waals surface area contributed by atoms with Gasteiger partial charge in [0.15, 0.2) is 0 Å². The fourth-order valence-corrected chi connectivity index (χ4v) is 2.51. The molecule has 0 radical (unpaired) electrons. The molecule has 0 aromatic carbocycles. The Morgan fingerprint density at radius 2 is 2.27 bits per heavy atom. The molecule has 0 aliphatic carbocycles. The molecule has 1 aliphatic heterocycles. The van der Waals surface area contributed by atoms with Crippen LogP contribution in [0.5, 0.6) is 0 Å². The summed E-state index contributed by atoms with van der Waals surface area (Å²) in [5.74, 6) is 0.815. The van der Waals surface area contributed by atoms with E-state index in [1.54, 1.807) is 12.3 Å². The van der Waals surface area contributed by atoms with Gasteiger partial charge in [-0.2, -0.15) is 0 Å². The molecule has 0 saturated carbocycles. The summed E-state index contributed by atoms with van der Waals surface area (Å²) >= 11 is 3.49. The molecule has 1 aromatic rings. The SMILES string of the molecule is O=C(c1ccoc1)N1CCC(CBr)CC1. The molecule has 0 spiro atoms. The number of hydrogen-bond donors (Lipinski definition) is 0. The first-order valence-corrected chi connectivity index (χ1v) is 6.31. The summed E-state index contributed by atoms with van der Waals surface area (Å²) < 4.78 is 4.91. The Hall–Kier alpha value is -0.770. The first kappa shape index (κ1) is 10.7. The van der Waals surface area contributed by atoms with E-state index in [4.69, 9.17) is 4.42 Å². The first-order valence-electron chi connectivity index (χ1n) is 5.18. The third-order valence-corrected chi connectivity index (χ3v) is 3.80. The Morgan fingerprint density at radius 3 is 2.80 bits per heavy atom. The topological polar surface area (TPSA) is 33.5 Å². The number of rotatable bonds is 2. The number of hydrogen-bond acceptors (Lipinski definition) is 2. The van der Waals surface area contributed by atoms with Crippen molar-refractivity contribution in [2.24, 2.45) is 5.92 Å². The number of piperidine rings is 1. The van der Waals surface area contributed by atoms with Crippen LogP contribution in [0.3, 0.4) is 0 Å². The number of likely N-dealkylation sites (tertiary alicyclic amines) is 1. The van der Waals surface area contributed by atoms with Crippen molar-refractivity contribution in [2.75, 3.05) is 18.4 Å². The molecule has 1 aliphatic rings. The predicted octanol–water partition coefficient (Wildman–Crippen LogP) is 2.53. The Kier molecular flexibility index (Phi) is 3.46. The van der Waals surface area contributed by atoms with Crippen LogP contribution >= 0.6 is 15.9 Å². The van der Waals surface area contributed by atoms with Crippen LogP contribution in [0, 0.1) is 5.92 Å². The number of nitrogens with zero attached hydrogens (tertiary/aromatic N) is 1. The minimum absolute atomic E-state index is 0.0942. The van der Waals surface area contributed by atoms with Crippen molar-refractivity contribution in [3.63, 3.8) is 0 Å². The smallest absolute Gasteiger partial charge is 0.257 e. The fourth-order valence-electron chi connectivity index (χ4n) is 1.86. The van der Waals surface area contributed by atoms with Gasteiger partial charge < -0.3 is 9.32 Å². The van der Waals surface area contributed by atoms with Crippen molar-refractivity contribution in [1.82, 2.24) is 4.90 Å². The quantitative estimate of drug-likeness (QED) is 0.775. The van der Waals surface area contributed by atoms with Gasteiger partial charge in [-0.05, 0) is 24.8 Å². The van der Waals surface area contributed by atoms with Gasteiger partial charge in [-0.3, -0.25) is 4.79 Å². The van der Waals surface area contributed by atoms with Crippen LogP contribution in [0.25, 0.3) is 0 Å². The molecular weight excluding hydrogens is 258 g/mol. The summed E-state index contributed by atoms with van der Waals surface area (Å²) in [6, 6.07) is 1.72. The lowest BCUT2D eigenvalue weighted by molar-refractivity contribution is 0.0698. The number of amides is 1.